The summed E-state index contributed by atoms with van der Waals surface area (Å²) in [4.78, 5) is 3.58. The number of sulfonamides is 1. The van der Waals surface area contributed by atoms with E-state index in [0.29, 0.717) is 16.9 Å². The Morgan fingerprint density at radius 3 is 2.59 bits per heavy atom. The number of rotatable bonds is 7. The van der Waals surface area contributed by atoms with Crippen LogP contribution in [-0.2, 0) is 21.0 Å². The summed E-state index contributed by atoms with van der Waals surface area (Å²) >= 11 is 0. The van der Waals surface area contributed by atoms with E-state index in [4.69, 9.17) is 16.6 Å². The Morgan fingerprint density at radius 2 is 2.03 bits per heavy atom. The lowest BCUT2D eigenvalue weighted by Crippen LogP contribution is -2.35. The molecular weight excluding hydrogens is 418 g/mol. The summed E-state index contributed by atoms with van der Waals surface area (Å²) in [5.74, 6) is 0.255. The van der Waals surface area contributed by atoms with E-state index < -0.39 is 21.0 Å². The minimum absolute atomic E-state index is 0.0356. The fraction of sp³-hybridized carbons (Fsp3) is 0.200. The number of hydrogen-bond donors (Lipinski definition) is 5. The number of hydrogen-bond acceptors (Lipinski definition) is 9. The number of nitrogen functional groups attached to an aromatic ring is 1. The Morgan fingerprint density at radius 1 is 1.28 bits per heavy atom. The number of benzene rings is 1. The van der Waals surface area contributed by atoms with Crippen LogP contribution in [0, 0.1) is 0 Å². The molecule has 1 aromatic carbocycles. The van der Waals surface area contributed by atoms with Crippen molar-refractivity contribution in [2.75, 3.05) is 12.3 Å². The number of nitrogens with one attached hydrogen (secondary N) is 2. The molecule has 0 aliphatic rings. The van der Waals surface area contributed by atoms with Crippen LogP contribution >= 0.6 is 0 Å². The average molecular weight is 438 g/mol. The number of anilines is 1. The van der Waals surface area contributed by atoms with Crippen molar-refractivity contribution in [3.63, 3.8) is 0 Å². The molecular formula is C15H19N9O3S2. The molecule has 0 amide bonds. The topological polar surface area (TPSA) is 209 Å². The third-order valence-electron chi connectivity index (χ3n) is 3.93. The average Bonchev–Trinajstić information content (AvgIpc) is 3.21. The normalized spacial score (nSPS) is 13.9. The van der Waals surface area contributed by atoms with Crippen molar-refractivity contribution in [2.24, 2.45) is 10.9 Å². The van der Waals surface area contributed by atoms with Gasteiger partial charge in [-0.05, 0) is 35.9 Å². The van der Waals surface area contributed by atoms with Crippen LogP contribution in [0.4, 0.5) is 5.82 Å². The van der Waals surface area contributed by atoms with Crippen molar-refractivity contribution in [3.8, 4) is 22.5 Å². The summed E-state index contributed by atoms with van der Waals surface area (Å²) in [6.07, 6.45) is 1.46. The Bertz CT molecular complexity index is 1130. The summed E-state index contributed by atoms with van der Waals surface area (Å²) in [5.41, 5.74) is 12.2. The highest BCUT2D eigenvalue weighted by Crippen LogP contribution is 2.37. The molecule has 12 nitrogen and oxygen atoms in total. The first kappa shape index (κ1) is 20.9. The Kier molecular flexibility index (Phi) is 5.99. The minimum atomic E-state index is -4.35. The molecule has 0 bridgehead atoms. The van der Waals surface area contributed by atoms with Gasteiger partial charge < -0.3 is 11.5 Å². The fourth-order valence-electron chi connectivity index (χ4n) is 2.58. The second-order valence-corrected chi connectivity index (χ2v) is 8.80. The molecule has 2 unspecified atom stereocenters. The number of primary sulfonamides is 1. The van der Waals surface area contributed by atoms with Crippen LogP contribution < -0.4 is 21.3 Å². The highest BCUT2D eigenvalue weighted by molar-refractivity contribution is 7.90. The maximum atomic E-state index is 12.8. The van der Waals surface area contributed by atoms with E-state index in [1.807, 2.05) is 0 Å². The molecule has 29 heavy (non-hydrogen) atoms. The van der Waals surface area contributed by atoms with Crippen molar-refractivity contribution < 1.29 is 12.6 Å². The standard InChI is InChI=1S/C15H19N9O3S2/c1-8(6-16)22-28(25)11-4-3-10(9-2-5-12(17)19-7-9)13(14(11)29(18,26)27)15-20-23-24-21-15/h2-5,7-8,22H,6,16H2,1H3,(H2,17,19)(H2,18,26,27)(H,20,21,23,24). The molecule has 154 valence electrons. The highest BCUT2D eigenvalue weighted by Gasteiger charge is 2.29. The molecule has 2 aromatic heterocycles. The van der Waals surface area contributed by atoms with Crippen molar-refractivity contribution in [1.82, 2.24) is 30.3 Å². The smallest absolute Gasteiger partial charge is 0.240 e. The third kappa shape index (κ3) is 4.46. The zero-order valence-corrected chi connectivity index (χ0v) is 16.9. The van der Waals surface area contributed by atoms with Crippen molar-refractivity contribution in [3.05, 3.63) is 30.5 Å². The van der Waals surface area contributed by atoms with Gasteiger partial charge in [0.1, 0.15) is 21.7 Å². The lowest BCUT2D eigenvalue weighted by molar-refractivity contribution is 0.594. The maximum Gasteiger partial charge on any atom is 0.240 e. The van der Waals surface area contributed by atoms with Crippen LogP contribution in [0.15, 0.2) is 40.3 Å². The molecule has 0 aliphatic heterocycles. The molecule has 2 atom stereocenters. The zero-order valence-electron chi connectivity index (χ0n) is 15.2. The summed E-state index contributed by atoms with van der Waals surface area (Å²) in [6, 6.07) is 5.86. The van der Waals surface area contributed by atoms with Crippen LogP contribution in [0.25, 0.3) is 22.5 Å². The first-order chi connectivity index (χ1) is 13.7. The van der Waals surface area contributed by atoms with Crippen LogP contribution in [0.1, 0.15) is 6.92 Å². The molecule has 0 radical (unpaired) electrons. The van der Waals surface area contributed by atoms with Gasteiger partial charge in [-0.3, -0.25) is 0 Å². The lowest BCUT2D eigenvalue weighted by atomic mass is 10.0. The third-order valence-corrected chi connectivity index (χ3v) is 6.41. The SMILES string of the molecule is CC(CN)NS(=O)c1ccc(-c2ccc(N)nc2)c(-c2nn[nH]n2)c1S(N)(=O)=O. The number of H-pyrrole nitrogens is 1. The number of aromatic amines is 1. The predicted octanol–water partition coefficient (Wildman–Crippen LogP) is -0.882. The number of aromatic nitrogens is 5. The van der Waals surface area contributed by atoms with E-state index in [1.165, 1.54) is 12.3 Å². The van der Waals surface area contributed by atoms with Crippen molar-refractivity contribution in [2.45, 2.75) is 22.8 Å². The zero-order chi connectivity index (χ0) is 21.2. The fourth-order valence-corrected chi connectivity index (χ4v) is 5.04. The molecule has 3 rings (SSSR count). The monoisotopic (exact) mass is 437 g/mol. The Balaban J connectivity index is 2.33. The van der Waals surface area contributed by atoms with E-state index in [2.05, 4.69) is 30.3 Å². The number of nitrogens with two attached hydrogens (primary N) is 3. The van der Waals surface area contributed by atoms with Crippen LogP contribution in [0.3, 0.4) is 0 Å². The van der Waals surface area contributed by atoms with Gasteiger partial charge in [-0.25, -0.2) is 27.5 Å². The largest absolute Gasteiger partial charge is 0.384 e. The van der Waals surface area contributed by atoms with Gasteiger partial charge in [0.25, 0.3) is 0 Å². The van der Waals surface area contributed by atoms with Gasteiger partial charge in [0.05, 0.1) is 10.5 Å². The first-order valence-corrected chi connectivity index (χ1v) is 11.0. The second-order valence-electron chi connectivity index (χ2n) is 6.09. The number of nitrogens with zero attached hydrogens (tertiary/aromatic N) is 4. The minimum Gasteiger partial charge on any atom is -0.384 e. The Labute approximate surface area is 168 Å². The predicted molar refractivity (Wildman–Crippen MR) is 107 cm³/mol. The summed E-state index contributed by atoms with van der Waals surface area (Å²) in [5, 5.41) is 19.0. The van der Waals surface area contributed by atoms with Gasteiger partial charge in [-0.15, -0.1) is 10.2 Å². The highest BCUT2D eigenvalue weighted by atomic mass is 32.2. The molecule has 0 spiro atoms. The van der Waals surface area contributed by atoms with E-state index in [1.54, 1.807) is 25.1 Å². The molecule has 8 N–H and O–H groups in total. The van der Waals surface area contributed by atoms with E-state index in [9.17, 15) is 12.6 Å². The van der Waals surface area contributed by atoms with Crippen molar-refractivity contribution in [1.29, 1.82) is 0 Å². The van der Waals surface area contributed by atoms with Gasteiger partial charge in [-0.2, -0.15) is 5.21 Å². The molecule has 0 saturated carbocycles. The first-order valence-electron chi connectivity index (χ1n) is 8.26. The van der Waals surface area contributed by atoms with Gasteiger partial charge in [0.15, 0.2) is 0 Å². The number of tetrazole rings is 1. The molecule has 2 heterocycles. The molecule has 0 aliphatic carbocycles. The number of pyridine rings is 1. The Hall–Kier alpha value is -2.78. The maximum absolute atomic E-state index is 12.8. The van der Waals surface area contributed by atoms with Crippen LogP contribution in [0.2, 0.25) is 0 Å². The summed E-state index contributed by atoms with van der Waals surface area (Å²) < 4.78 is 40.6. The van der Waals surface area contributed by atoms with Gasteiger partial charge in [-0.1, -0.05) is 6.07 Å². The van der Waals surface area contributed by atoms with Gasteiger partial charge in [0, 0.05) is 24.3 Å². The van der Waals surface area contributed by atoms with Gasteiger partial charge in [0.2, 0.25) is 15.8 Å². The quantitative estimate of drug-likeness (QED) is 0.310. The second kappa shape index (κ2) is 8.30. The molecule has 0 saturated heterocycles. The van der Waals surface area contributed by atoms with E-state index in [0.717, 1.165) is 0 Å². The van der Waals surface area contributed by atoms with Crippen LogP contribution in [-0.4, -0.2) is 50.8 Å². The summed E-state index contributed by atoms with van der Waals surface area (Å²) in [7, 11) is -6.27. The summed E-state index contributed by atoms with van der Waals surface area (Å²) in [6.45, 7) is 1.91. The molecule has 14 heteroatoms. The lowest BCUT2D eigenvalue weighted by Gasteiger charge is -2.17. The van der Waals surface area contributed by atoms with Gasteiger partial charge >= 0.3 is 0 Å². The molecule has 0 fully saturated rings. The van der Waals surface area contributed by atoms with E-state index >= 15 is 0 Å². The van der Waals surface area contributed by atoms with Crippen molar-refractivity contribution >= 4 is 26.8 Å². The van der Waals surface area contributed by atoms with E-state index in [-0.39, 0.29) is 33.8 Å². The van der Waals surface area contributed by atoms with Crippen LogP contribution in [0.5, 0.6) is 0 Å². The molecule has 3 aromatic rings.